The Bertz CT molecular complexity index is 865. The average molecular weight is 428 g/mol. The molecule has 0 amide bonds. The fraction of sp³-hybridized carbons (Fsp3) is 0.0667. The number of rotatable bonds is 1. The molecule has 0 aliphatic heterocycles. The van der Waals surface area contributed by atoms with E-state index in [2.05, 4.69) is 41.8 Å². The molecular weight excluding hydrogens is 417 g/mol. The van der Waals surface area contributed by atoms with Crippen LogP contribution in [0.3, 0.4) is 0 Å². The van der Waals surface area contributed by atoms with Gasteiger partial charge in [0.15, 0.2) is 5.82 Å². The highest BCUT2D eigenvalue weighted by Gasteiger charge is 2.11. The molecule has 0 saturated heterocycles. The molecule has 0 unspecified atom stereocenters. The Morgan fingerprint density at radius 2 is 1.86 bits per heavy atom. The molecule has 2 N–H and O–H groups in total. The van der Waals surface area contributed by atoms with Gasteiger partial charge in [-0.25, -0.2) is 9.97 Å². The number of nitrogen functional groups attached to an aromatic ring is 1. The van der Waals surface area contributed by atoms with Gasteiger partial charge in [-0.1, -0.05) is 39.7 Å². The molecule has 106 valence electrons. The first-order chi connectivity index (χ1) is 9.95. The van der Waals surface area contributed by atoms with Crippen LogP contribution in [0.1, 0.15) is 5.56 Å². The van der Waals surface area contributed by atoms with Crippen molar-refractivity contribution in [3.8, 4) is 11.4 Å². The van der Waals surface area contributed by atoms with Crippen molar-refractivity contribution in [2.45, 2.75) is 6.92 Å². The summed E-state index contributed by atoms with van der Waals surface area (Å²) < 4.78 is 1.78. The number of aryl methyl sites for hydroxylation is 1. The number of benzene rings is 2. The van der Waals surface area contributed by atoms with Gasteiger partial charge in [0.05, 0.1) is 5.52 Å². The Hall–Kier alpha value is -1.17. The number of nitrogens with two attached hydrogens (primary N) is 1. The quantitative estimate of drug-likeness (QED) is 0.568. The van der Waals surface area contributed by atoms with Crippen LogP contribution < -0.4 is 5.73 Å². The van der Waals surface area contributed by atoms with Crippen LogP contribution in [0.5, 0.6) is 0 Å². The molecule has 0 bridgehead atoms. The van der Waals surface area contributed by atoms with Crippen molar-refractivity contribution in [1.29, 1.82) is 0 Å². The standard InChI is InChI=1S/C15H10Br2ClN3/c1-7-2-3-8(4-12(7)18)15-20-13-10(14(19)21-15)5-9(16)6-11(13)17/h2-6H,1H3,(H2,19,20,21). The normalized spacial score (nSPS) is 11.0. The Balaban J connectivity index is 2.27. The molecular formula is C15H10Br2ClN3. The Morgan fingerprint density at radius 3 is 2.57 bits per heavy atom. The summed E-state index contributed by atoms with van der Waals surface area (Å²) in [6.45, 7) is 1.95. The van der Waals surface area contributed by atoms with Gasteiger partial charge in [-0.2, -0.15) is 0 Å². The predicted octanol–water partition coefficient (Wildman–Crippen LogP) is 5.37. The lowest BCUT2D eigenvalue weighted by molar-refractivity contribution is 1.23. The first kappa shape index (κ1) is 14.8. The summed E-state index contributed by atoms with van der Waals surface area (Å²) in [6.07, 6.45) is 0. The summed E-state index contributed by atoms with van der Waals surface area (Å²) in [6, 6.07) is 9.57. The summed E-state index contributed by atoms with van der Waals surface area (Å²) in [5, 5.41) is 1.49. The van der Waals surface area contributed by atoms with Crippen LogP contribution in [0.2, 0.25) is 5.02 Å². The molecule has 3 aromatic rings. The van der Waals surface area contributed by atoms with Crippen LogP contribution in [0, 0.1) is 6.92 Å². The molecule has 21 heavy (non-hydrogen) atoms. The molecule has 1 aromatic heterocycles. The van der Waals surface area contributed by atoms with Gasteiger partial charge in [0.2, 0.25) is 0 Å². The summed E-state index contributed by atoms with van der Waals surface area (Å²) in [7, 11) is 0. The van der Waals surface area contributed by atoms with Crippen LogP contribution >= 0.6 is 43.5 Å². The molecule has 0 aliphatic carbocycles. The maximum Gasteiger partial charge on any atom is 0.162 e. The van der Waals surface area contributed by atoms with Crippen molar-refractivity contribution in [2.24, 2.45) is 0 Å². The fourth-order valence-corrected chi connectivity index (χ4v) is 3.54. The maximum absolute atomic E-state index is 6.17. The average Bonchev–Trinajstić information content (AvgIpc) is 2.43. The van der Waals surface area contributed by atoms with E-state index >= 15 is 0 Å². The van der Waals surface area contributed by atoms with Gasteiger partial charge in [0.1, 0.15) is 5.82 Å². The second-order valence-electron chi connectivity index (χ2n) is 4.68. The molecule has 0 spiro atoms. The van der Waals surface area contributed by atoms with Crippen molar-refractivity contribution in [2.75, 3.05) is 5.73 Å². The van der Waals surface area contributed by atoms with Crippen LogP contribution in [0.25, 0.3) is 22.3 Å². The number of fused-ring (bicyclic) bond motifs is 1. The number of hydrogen-bond acceptors (Lipinski definition) is 3. The first-order valence-corrected chi connectivity index (χ1v) is 8.11. The number of halogens is 3. The monoisotopic (exact) mass is 425 g/mol. The molecule has 3 nitrogen and oxygen atoms in total. The predicted molar refractivity (Wildman–Crippen MR) is 94.5 cm³/mol. The third-order valence-corrected chi connectivity index (χ3v) is 4.65. The van der Waals surface area contributed by atoms with E-state index < -0.39 is 0 Å². The van der Waals surface area contributed by atoms with Crippen molar-refractivity contribution in [3.63, 3.8) is 0 Å². The summed E-state index contributed by atoms with van der Waals surface area (Å²) in [4.78, 5) is 8.99. The molecule has 0 fully saturated rings. The zero-order valence-corrected chi connectivity index (χ0v) is 14.9. The SMILES string of the molecule is Cc1ccc(-c2nc(N)c3cc(Br)cc(Br)c3n2)cc1Cl. The zero-order chi connectivity index (χ0) is 15.1. The molecule has 1 heterocycles. The third kappa shape index (κ3) is 2.78. The molecule has 6 heteroatoms. The van der Waals surface area contributed by atoms with Crippen LogP contribution in [0.4, 0.5) is 5.82 Å². The molecule has 0 aliphatic rings. The van der Waals surface area contributed by atoms with Crippen LogP contribution in [-0.2, 0) is 0 Å². The van der Waals surface area contributed by atoms with Crippen molar-refractivity contribution < 1.29 is 0 Å². The molecule has 0 atom stereocenters. The van der Waals surface area contributed by atoms with Gasteiger partial charge in [-0.15, -0.1) is 0 Å². The molecule has 3 rings (SSSR count). The van der Waals surface area contributed by atoms with E-state index in [0.717, 1.165) is 31.0 Å². The van der Waals surface area contributed by atoms with E-state index in [1.54, 1.807) is 0 Å². The Kier molecular flexibility index (Phi) is 3.90. The summed E-state index contributed by atoms with van der Waals surface area (Å²) in [5.74, 6) is 0.999. The van der Waals surface area contributed by atoms with Crippen molar-refractivity contribution >= 4 is 60.2 Å². The highest BCUT2D eigenvalue weighted by atomic mass is 79.9. The second-order valence-corrected chi connectivity index (χ2v) is 6.86. The Morgan fingerprint density at radius 1 is 1.10 bits per heavy atom. The highest BCUT2D eigenvalue weighted by Crippen LogP contribution is 2.32. The van der Waals surface area contributed by atoms with Crippen LogP contribution in [-0.4, -0.2) is 9.97 Å². The second kappa shape index (κ2) is 5.55. The van der Waals surface area contributed by atoms with E-state index in [-0.39, 0.29) is 0 Å². The third-order valence-electron chi connectivity index (χ3n) is 3.18. The molecule has 2 aromatic carbocycles. The largest absolute Gasteiger partial charge is 0.383 e. The zero-order valence-electron chi connectivity index (χ0n) is 11.0. The minimum Gasteiger partial charge on any atom is -0.383 e. The summed E-state index contributed by atoms with van der Waals surface area (Å²) in [5.41, 5.74) is 8.70. The van der Waals surface area contributed by atoms with E-state index in [1.807, 2.05) is 37.3 Å². The highest BCUT2D eigenvalue weighted by molar-refractivity contribution is 9.11. The molecule has 0 radical (unpaired) electrons. The van der Waals surface area contributed by atoms with Gasteiger partial charge >= 0.3 is 0 Å². The lowest BCUT2D eigenvalue weighted by atomic mass is 10.1. The lowest BCUT2D eigenvalue weighted by Crippen LogP contribution is -1.98. The number of hydrogen-bond donors (Lipinski definition) is 1. The topological polar surface area (TPSA) is 51.8 Å². The van der Waals surface area contributed by atoms with Gasteiger partial charge in [-0.3, -0.25) is 0 Å². The van der Waals surface area contributed by atoms with E-state index in [4.69, 9.17) is 17.3 Å². The van der Waals surface area contributed by atoms with E-state index in [1.165, 1.54) is 0 Å². The van der Waals surface area contributed by atoms with Crippen molar-refractivity contribution in [3.05, 3.63) is 49.9 Å². The molecule has 0 saturated carbocycles. The maximum atomic E-state index is 6.17. The summed E-state index contributed by atoms with van der Waals surface area (Å²) >= 11 is 13.1. The minimum absolute atomic E-state index is 0.439. The number of aromatic nitrogens is 2. The number of anilines is 1. The first-order valence-electron chi connectivity index (χ1n) is 6.14. The van der Waals surface area contributed by atoms with Gasteiger partial charge < -0.3 is 5.73 Å². The van der Waals surface area contributed by atoms with Gasteiger partial charge in [-0.05, 0) is 46.6 Å². The minimum atomic E-state index is 0.439. The smallest absolute Gasteiger partial charge is 0.162 e. The van der Waals surface area contributed by atoms with Crippen molar-refractivity contribution in [1.82, 2.24) is 9.97 Å². The van der Waals surface area contributed by atoms with Gasteiger partial charge in [0, 0.05) is 24.9 Å². The van der Waals surface area contributed by atoms with E-state index in [9.17, 15) is 0 Å². The van der Waals surface area contributed by atoms with Crippen LogP contribution in [0.15, 0.2) is 39.3 Å². The van der Waals surface area contributed by atoms with E-state index in [0.29, 0.717) is 16.7 Å². The lowest BCUT2D eigenvalue weighted by Gasteiger charge is -2.08. The number of nitrogens with zero attached hydrogens (tertiary/aromatic N) is 2. The Labute approximate surface area is 143 Å². The fourth-order valence-electron chi connectivity index (χ4n) is 2.04. The van der Waals surface area contributed by atoms with Gasteiger partial charge in [0.25, 0.3) is 0 Å².